The molecule has 4 heteroatoms. The van der Waals surface area contributed by atoms with Crippen LogP contribution in [0.2, 0.25) is 0 Å². The van der Waals surface area contributed by atoms with E-state index in [0.29, 0.717) is 9.79 Å². The van der Waals surface area contributed by atoms with Crippen LogP contribution in [0.5, 0.6) is 0 Å². The van der Waals surface area contributed by atoms with E-state index in [1.807, 2.05) is 0 Å². The van der Waals surface area contributed by atoms with Crippen LogP contribution < -0.4 is 0 Å². The largest absolute Gasteiger partial charge is 0.218 e. The van der Waals surface area contributed by atoms with Crippen molar-refractivity contribution < 1.29 is 8.42 Å². The first kappa shape index (κ1) is 7.63. The number of sulfone groups is 1. The maximum absolute atomic E-state index is 10.7. The Morgan fingerprint density at radius 1 is 1.00 bits per heavy atom. The Hall–Kier alpha value is -0.480. The number of rotatable bonds is 0. The zero-order valence-electron chi connectivity index (χ0n) is 5.03. The van der Waals surface area contributed by atoms with Gasteiger partial charge in [-0.15, -0.1) is 0 Å². The van der Waals surface area contributed by atoms with Gasteiger partial charge in [0.2, 0.25) is 9.84 Å². The first-order valence-corrected chi connectivity index (χ1v) is 4.05. The van der Waals surface area contributed by atoms with E-state index in [9.17, 15) is 8.42 Å². The summed E-state index contributed by atoms with van der Waals surface area (Å²) in [4.78, 5) is 0.981. The molecule has 0 unspecified atom stereocenters. The van der Waals surface area contributed by atoms with Crippen LogP contribution in [-0.4, -0.2) is 8.42 Å². The molecule has 1 aliphatic heterocycles. The maximum Gasteiger partial charge on any atom is 0.209 e. The fourth-order valence-electron chi connectivity index (χ4n) is 0.853. The van der Waals surface area contributed by atoms with Gasteiger partial charge < -0.3 is 0 Å². The van der Waals surface area contributed by atoms with Crippen molar-refractivity contribution in [1.29, 1.82) is 0 Å². The predicted octanol–water partition coefficient (Wildman–Crippen LogP) is 0.946. The van der Waals surface area contributed by atoms with Crippen LogP contribution in [0.15, 0.2) is 34.1 Å². The monoisotopic (exact) mass is 174 g/mol. The van der Waals surface area contributed by atoms with E-state index in [-0.39, 0.29) is 13.5 Å². The summed E-state index contributed by atoms with van der Waals surface area (Å²) in [6, 6.07) is 6.68. The van der Waals surface area contributed by atoms with Crippen LogP contribution >= 0.6 is 13.5 Å². The van der Waals surface area contributed by atoms with Crippen LogP contribution in [0.1, 0.15) is 0 Å². The van der Waals surface area contributed by atoms with Crippen molar-refractivity contribution in [1.82, 2.24) is 0 Å². The second kappa shape index (κ2) is 2.00. The van der Waals surface area contributed by atoms with Crippen molar-refractivity contribution in [3.63, 3.8) is 0 Å². The molecule has 0 saturated heterocycles. The summed E-state index contributed by atoms with van der Waals surface area (Å²) < 4.78 is 21.5. The molecule has 0 aromatic heterocycles. The lowest BCUT2D eigenvalue weighted by Gasteiger charge is -1.64. The molecule has 0 atom stereocenters. The smallest absolute Gasteiger partial charge is 0.209 e. The van der Waals surface area contributed by atoms with E-state index in [2.05, 4.69) is 0 Å². The summed E-state index contributed by atoms with van der Waals surface area (Å²) in [5, 5.41) is 0. The highest BCUT2D eigenvalue weighted by atomic mass is 32.2. The van der Waals surface area contributed by atoms with Gasteiger partial charge in [-0.1, -0.05) is 12.1 Å². The van der Waals surface area contributed by atoms with Gasteiger partial charge in [0.05, 0.1) is 9.79 Å². The Labute approximate surface area is 66.2 Å². The van der Waals surface area contributed by atoms with E-state index in [4.69, 9.17) is 0 Å². The molecule has 2 nitrogen and oxygen atoms in total. The van der Waals surface area contributed by atoms with E-state index in [1.54, 1.807) is 24.3 Å². The lowest BCUT2D eigenvalue weighted by molar-refractivity contribution is 0.612. The highest BCUT2D eigenvalue weighted by Crippen LogP contribution is 2.38. The summed E-state index contributed by atoms with van der Waals surface area (Å²) in [6.45, 7) is 0. The van der Waals surface area contributed by atoms with Gasteiger partial charge in [0.25, 0.3) is 0 Å². The summed E-state index contributed by atoms with van der Waals surface area (Å²) in [5.41, 5.74) is 0. The third-order valence-electron chi connectivity index (χ3n) is 1.39. The Morgan fingerprint density at radius 3 is 1.70 bits per heavy atom. The average Bonchev–Trinajstić information content (AvgIpc) is 2.39. The molecule has 0 N–H and O–H groups in total. The van der Waals surface area contributed by atoms with Crippen molar-refractivity contribution >= 4 is 23.3 Å². The van der Waals surface area contributed by atoms with Crippen LogP contribution in [-0.2, 0) is 9.84 Å². The van der Waals surface area contributed by atoms with Crippen molar-refractivity contribution in [2.45, 2.75) is 9.79 Å². The third-order valence-corrected chi connectivity index (χ3v) is 3.05. The minimum absolute atomic E-state index is 0. The minimum Gasteiger partial charge on any atom is -0.218 e. The molecule has 2 rings (SSSR count). The molecule has 1 aromatic rings. The first-order chi connectivity index (χ1) is 4.23. The zero-order chi connectivity index (χ0) is 6.48. The van der Waals surface area contributed by atoms with Gasteiger partial charge in [-0.3, -0.25) is 0 Å². The number of hydrogen-bond acceptors (Lipinski definition) is 2. The predicted molar refractivity (Wildman–Crippen MR) is 42.3 cm³/mol. The SMILES string of the molecule is O=S1(=O)c2ccccc21.S. The van der Waals surface area contributed by atoms with Crippen LogP contribution in [0.4, 0.5) is 0 Å². The number of benzene rings is 1. The van der Waals surface area contributed by atoms with Crippen LogP contribution in [0, 0.1) is 0 Å². The maximum atomic E-state index is 10.7. The van der Waals surface area contributed by atoms with Crippen molar-refractivity contribution in [2.24, 2.45) is 0 Å². The molecule has 54 valence electrons. The third kappa shape index (κ3) is 0.759. The van der Waals surface area contributed by atoms with Gasteiger partial charge in [0.15, 0.2) is 0 Å². The summed E-state index contributed by atoms with van der Waals surface area (Å²) >= 11 is 0. The molecule has 1 aliphatic rings. The van der Waals surface area contributed by atoms with Crippen molar-refractivity contribution in [2.75, 3.05) is 0 Å². The van der Waals surface area contributed by atoms with E-state index in [1.165, 1.54) is 0 Å². The van der Waals surface area contributed by atoms with Crippen LogP contribution in [0.25, 0.3) is 0 Å². The van der Waals surface area contributed by atoms with Gasteiger partial charge in [-0.05, 0) is 12.1 Å². The van der Waals surface area contributed by atoms with E-state index >= 15 is 0 Å². The minimum atomic E-state index is -2.88. The molecule has 10 heavy (non-hydrogen) atoms. The highest BCUT2D eigenvalue weighted by Gasteiger charge is 2.37. The topological polar surface area (TPSA) is 34.1 Å². The Kier molecular flexibility index (Phi) is 1.53. The molecule has 0 fully saturated rings. The fraction of sp³-hybridized carbons (Fsp3) is 0. The van der Waals surface area contributed by atoms with Crippen molar-refractivity contribution in [3.8, 4) is 0 Å². The van der Waals surface area contributed by atoms with Gasteiger partial charge in [-0.2, -0.15) is 13.5 Å². The van der Waals surface area contributed by atoms with Crippen LogP contribution in [0.3, 0.4) is 0 Å². The van der Waals surface area contributed by atoms with Crippen molar-refractivity contribution in [3.05, 3.63) is 24.3 Å². The molecule has 0 spiro atoms. The Bertz CT molecular complexity index is 325. The lowest BCUT2D eigenvalue weighted by atomic mass is 10.4. The molecule has 0 saturated carbocycles. The fourth-order valence-corrected chi connectivity index (χ4v) is 2.15. The second-order valence-corrected chi connectivity index (χ2v) is 3.84. The summed E-state index contributed by atoms with van der Waals surface area (Å²) in [5.74, 6) is 0. The molecule has 0 radical (unpaired) electrons. The number of hydrogen-bond donors (Lipinski definition) is 0. The van der Waals surface area contributed by atoms with Gasteiger partial charge in [-0.25, -0.2) is 8.42 Å². The molecular weight excluding hydrogens is 168 g/mol. The zero-order valence-corrected chi connectivity index (χ0v) is 6.85. The van der Waals surface area contributed by atoms with Gasteiger partial charge in [0.1, 0.15) is 0 Å². The molecule has 1 heterocycles. The summed E-state index contributed by atoms with van der Waals surface area (Å²) in [7, 11) is -2.88. The molecule has 1 aromatic carbocycles. The number of fused-ring (bicyclic) bond motifs is 1. The van der Waals surface area contributed by atoms with Gasteiger partial charge >= 0.3 is 0 Å². The van der Waals surface area contributed by atoms with E-state index in [0.717, 1.165) is 0 Å². The summed E-state index contributed by atoms with van der Waals surface area (Å²) in [6.07, 6.45) is 0. The molecule has 0 amide bonds. The van der Waals surface area contributed by atoms with Gasteiger partial charge in [0, 0.05) is 0 Å². The highest BCUT2D eigenvalue weighted by molar-refractivity contribution is 7.97. The van der Waals surface area contributed by atoms with E-state index < -0.39 is 9.84 Å². The standard InChI is InChI=1S/C6H4O2S.H2S/c7-9(8)5-3-1-2-4-6(5)9;/h1-4H;1H2. The first-order valence-electron chi connectivity index (χ1n) is 2.57. The molecule has 0 aliphatic carbocycles. The second-order valence-electron chi connectivity index (χ2n) is 1.95. The molecular formula is C6H6O2S2. The average molecular weight is 174 g/mol. The lowest BCUT2D eigenvalue weighted by Crippen LogP contribution is -1.65. The molecule has 0 bridgehead atoms. The quantitative estimate of drug-likeness (QED) is 0.557. The Morgan fingerprint density at radius 2 is 1.40 bits per heavy atom. The normalized spacial score (nSPS) is 16.8. The Balaban J connectivity index is 0.000000500.